The summed E-state index contributed by atoms with van der Waals surface area (Å²) in [5.41, 5.74) is 6.26. The molecule has 0 aliphatic heterocycles. The molecule has 0 saturated carbocycles. The standard InChI is InChI=1S/C11H13BrN2O3/c1-7-3-5-8(6-4-7)9(12)10(15)13-14-11(16)17-2/h3-6,9H,1-2H3,(H,13,15)(H,14,16). The summed E-state index contributed by atoms with van der Waals surface area (Å²) in [5.74, 6) is -0.376. The Labute approximate surface area is 108 Å². The second kappa shape index (κ2) is 6.24. The summed E-state index contributed by atoms with van der Waals surface area (Å²) in [6.45, 7) is 1.96. The highest BCUT2D eigenvalue weighted by Crippen LogP contribution is 2.22. The number of hydrogen-bond donors (Lipinski definition) is 2. The first-order chi connectivity index (χ1) is 8.04. The van der Waals surface area contributed by atoms with Crippen molar-refractivity contribution < 1.29 is 14.3 Å². The minimum Gasteiger partial charge on any atom is -0.452 e. The molecule has 2 N–H and O–H groups in total. The Bertz CT molecular complexity index is 406. The molecule has 0 saturated heterocycles. The van der Waals surface area contributed by atoms with Gasteiger partial charge in [-0.25, -0.2) is 10.2 Å². The first-order valence-electron chi connectivity index (χ1n) is 4.89. The number of rotatable bonds is 2. The second-order valence-corrected chi connectivity index (χ2v) is 4.29. The van der Waals surface area contributed by atoms with Crippen LogP contribution in [0.15, 0.2) is 24.3 Å². The van der Waals surface area contributed by atoms with Crippen molar-refractivity contribution >= 4 is 27.9 Å². The molecule has 0 radical (unpaired) electrons. The fourth-order valence-corrected chi connectivity index (χ4v) is 1.53. The van der Waals surface area contributed by atoms with E-state index >= 15 is 0 Å². The van der Waals surface area contributed by atoms with Gasteiger partial charge < -0.3 is 4.74 Å². The summed E-state index contributed by atoms with van der Waals surface area (Å²) < 4.78 is 4.32. The van der Waals surface area contributed by atoms with E-state index in [9.17, 15) is 9.59 Å². The van der Waals surface area contributed by atoms with Gasteiger partial charge in [0.05, 0.1) is 7.11 Å². The minimum absolute atomic E-state index is 0.376. The van der Waals surface area contributed by atoms with Crippen LogP contribution in [0.2, 0.25) is 0 Å². The fraction of sp³-hybridized carbons (Fsp3) is 0.273. The highest BCUT2D eigenvalue weighted by molar-refractivity contribution is 9.09. The van der Waals surface area contributed by atoms with Crippen molar-refractivity contribution in [2.24, 2.45) is 0 Å². The Balaban J connectivity index is 2.57. The average Bonchev–Trinajstić information content (AvgIpc) is 2.35. The van der Waals surface area contributed by atoms with Crippen molar-refractivity contribution in [1.29, 1.82) is 0 Å². The molecule has 1 aromatic rings. The monoisotopic (exact) mass is 300 g/mol. The van der Waals surface area contributed by atoms with Crippen LogP contribution in [0.4, 0.5) is 4.79 Å². The minimum atomic E-state index is -0.720. The molecule has 5 nitrogen and oxygen atoms in total. The summed E-state index contributed by atoms with van der Waals surface area (Å²) >= 11 is 3.24. The number of methoxy groups -OCH3 is 1. The number of nitrogens with one attached hydrogen (secondary N) is 2. The second-order valence-electron chi connectivity index (χ2n) is 3.38. The lowest BCUT2D eigenvalue weighted by molar-refractivity contribution is -0.121. The third kappa shape index (κ3) is 4.07. The molecular weight excluding hydrogens is 288 g/mol. The zero-order valence-electron chi connectivity index (χ0n) is 9.49. The fourth-order valence-electron chi connectivity index (χ4n) is 1.11. The number of aryl methyl sites for hydroxylation is 1. The number of hydrogen-bond acceptors (Lipinski definition) is 3. The van der Waals surface area contributed by atoms with E-state index in [0.29, 0.717) is 0 Å². The first-order valence-corrected chi connectivity index (χ1v) is 5.80. The van der Waals surface area contributed by atoms with Crippen LogP contribution >= 0.6 is 15.9 Å². The molecule has 0 bridgehead atoms. The van der Waals surface area contributed by atoms with Gasteiger partial charge in [0.2, 0.25) is 0 Å². The average molecular weight is 301 g/mol. The topological polar surface area (TPSA) is 67.4 Å². The van der Waals surface area contributed by atoms with Gasteiger partial charge in [0.1, 0.15) is 4.83 Å². The summed E-state index contributed by atoms with van der Waals surface area (Å²) in [6, 6.07) is 7.49. The van der Waals surface area contributed by atoms with E-state index in [1.807, 2.05) is 31.2 Å². The predicted octanol–water partition coefficient (Wildman–Crippen LogP) is 1.82. The van der Waals surface area contributed by atoms with Crippen LogP contribution in [-0.4, -0.2) is 19.1 Å². The number of alkyl halides is 1. The SMILES string of the molecule is COC(=O)NNC(=O)C(Br)c1ccc(C)cc1. The van der Waals surface area contributed by atoms with Gasteiger partial charge in [-0.2, -0.15) is 0 Å². The van der Waals surface area contributed by atoms with Crippen LogP contribution < -0.4 is 10.9 Å². The van der Waals surface area contributed by atoms with Gasteiger partial charge in [0.15, 0.2) is 0 Å². The van der Waals surface area contributed by atoms with Gasteiger partial charge in [0, 0.05) is 0 Å². The highest BCUT2D eigenvalue weighted by Gasteiger charge is 2.17. The maximum absolute atomic E-state index is 11.6. The zero-order valence-corrected chi connectivity index (χ0v) is 11.1. The van der Waals surface area contributed by atoms with E-state index in [0.717, 1.165) is 11.1 Å². The van der Waals surface area contributed by atoms with E-state index in [1.165, 1.54) is 7.11 Å². The molecule has 92 valence electrons. The lowest BCUT2D eigenvalue weighted by Crippen LogP contribution is -2.42. The number of carbonyl (C=O) groups excluding carboxylic acids is 2. The summed E-state index contributed by atoms with van der Waals surface area (Å²) in [6.07, 6.45) is -0.720. The van der Waals surface area contributed by atoms with E-state index in [-0.39, 0.29) is 5.91 Å². The molecule has 1 rings (SSSR count). The van der Waals surface area contributed by atoms with Crippen LogP contribution in [0, 0.1) is 6.92 Å². The Morgan fingerprint density at radius 1 is 1.24 bits per heavy atom. The Hall–Kier alpha value is -1.56. The Morgan fingerprint density at radius 3 is 2.35 bits per heavy atom. The largest absolute Gasteiger partial charge is 0.452 e. The number of amides is 2. The number of carbonyl (C=O) groups is 2. The van der Waals surface area contributed by atoms with Gasteiger partial charge in [-0.3, -0.25) is 10.2 Å². The molecular formula is C11H13BrN2O3. The first kappa shape index (κ1) is 13.5. The van der Waals surface area contributed by atoms with E-state index < -0.39 is 10.9 Å². The van der Waals surface area contributed by atoms with Gasteiger partial charge in [-0.1, -0.05) is 45.8 Å². The molecule has 2 amide bonds. The van der Waals surface area contributed by atoms with Gasteiger partial charge >= 0.3 is 6.09 Å². The molecule has 0 spiro atoms. The van der Waals surface area contributed by atoms with Crippen LogP contribution in [-0.2, 0) is 9.53 Å². The van der Waals surface area contributed by atoms with Crippen LogP contribution in [0.3, 0.4) is 0 Å². The molecule has 6 heteroatoms. The molecule has 0 fully saturated rings. The molecule has 1 atom stereocenters. The Morgan fingerprint density at radius 2 is 1.82 bits per heavy atom. The molecule has 1 aromatic carbocycles. The maximum atomic E-state index is 11.6. The van der Waals surface area contributed by atoms with E-state index in [1.54, 1.807) is 0 Å². The molecule has 1 unspecified atom stereocenters. The number of halogens is 1. The number of benzene rings is 1. The molecule has 0 aromatic heterocycles. The molecule has 0 aliphatic rings. The normalized spacial score (nSPS) is 11.5. The van der Waals surface area contributed by atoms with Gasteiger partial charge in [-0.05, 0) is 12.5 Å². The summed E-state index contributed by atoms with van der Waals surface area (Å²) in [4.78, 5) is 21.8. The van der Waals surface area contributed by atoms with Crippen molar-refractivity contribution in [3.05, 3.63) is 35.4 Å². The van der Waals surface area contributed by atoms with Crippen LogP contribution in [0.1, 0.15) is 16.0 Å². The van der Waals surface area contributed by atoms with Crippen molar-refractivity contribution in [2.75, 3.05) is 7.11 Å². The smallest absolute Gasteiger partial charge is 0.425 e. The third-order valence-corrected chi connectivity index (χ3v) is 3.02. The van der Waals surface area contributed by atoms with Crippen molar-refractivity contribution in [3.63, 3.8) is 0 Å². The lowest BCUT2D eigenvalue weighted by Gasteiger charge is -2.11. The summed E-state index contributed by atoms with van der Waals surface area (Å²) in [5, 5.41) is 0. The number of hydrazine groups is 1. The van der Waals surface area contributed by atoms with Crippen LogP contribution in [0.25, 0.3) is 0 Å². The van der Waals surface area contributed by atoms with Gasteiger partial charge in [0.25, 0.3) is 5.91 Å². The third-order valence-electron chi connectivity index (χ3n) is 2.07. The van der Waals surface area contributed by atoms with E-state index in [2.05, 4.69) is 31.5 Å². The zero-order chi connectivity index (χ0) is 12.8. The lowest BCUT2D eigenvalue weighted by atomic mass is 10.1. The van der Waals surface area contributed by atoms with Crippen LogP contribution in [0.5, 0.6) is 0 Å². The predicted molar refractivity (Wildman–Crippen MR) is 66.5 cm³/mol. The highest BCUT2D eigenvalue weighted by atomic mass is 79.9. The van der Waals surface area contributed by atoms with Crippen molar-refractivity contribution in [2.45, 2.75) is 11.8 Å². The van der Waals surface area contributed by atoms with Crippen molar-refractivity contribution in [1.82, 2.24) is 10.9 Å². The maximum Gasteiger partial charge on any atom is 0.425 e. The molecule has 0 aliphatic carbocycles. The molecule has 0 heterocycles. The quantitative estimate of drug-likeness (QED) is 0.647. The summed E-state index contributed by atoms with van der Waals surface area (Å²) in [7, 11) is 1.22. The molecule has 17 heavy (non-hydrogen) atoms. The van der Waals surface area contributed by atoms with Gasteiger partial charge in [-0.15, -0.1) is 0 Å². The van der Waals surface area contributed by atoms with Crippen molar-refractivity contribution in [3.8, 4) is 0 Å². The Kier molecular flexibility index (Phi) is 4.96. The number of ether oxygens (including phenoxy) is 1. The van der Waals surface area contributed by atoms with E-state index in [4.69, 9.17) is 0 Å².